The van der Waals surface area contributed by atoms with Crippen LogP contribution in [-0.4, -0.2) is 17.6 Å². The maximum Gasteiger partial charge on any atom is 0.360 e. The van der Waals surface area contributed by atoms with Gasteiger partial charge in [0.05, 0.1) is 22.3 Å². The summed E-state index contributed by atoms with van der Waals surface area (Å²) < 4.78 is 9.90. The fourth-order valence-electron chi connectivity index (χ4n) is 1.35. The van der Waals surface area contributed by atoms with Crippen molar-refractivity contribution in [2.75, 3.05) is 11.9 Å². The molecule has 100 valence electrons. The molecule has 0 fully saturated rings. The van der Waals surface area contributed by atoms with E-state index in [2.05, 4.69) is 10.3 Å². The lowest BCUT2D eigenvalue weighted by molar-refractivity contribution is 0.0519. The molecule has 0 aliphatic carbocycles. The van der Waals surface area contributed by atoms with Gasteiger partial charge in [-0.05, 0) is 19.1 Å². The number of hydrogen-bond donors (Lipinski definition) is 1. The highest BCUT2D eigenvalue weighted by atomic mass is 35.5. The van der Waals surface area contributed by atoms with E-state index in [1.807, 2.05) is 0 Å². The molecule has 7 heteroatoms. The normalized spacial score (nSPS) is 10.3. The van der Waals surface area contributed by atoms with Gasteiger partial charge in [0.15, 0.2) is 5.69 Å². The summed E-state index contributed by atoms with van der Waals surface area (Å²) in [5.74, 6) is -0.545. The van der Waals surface area contributed by atoms with E-state index in [1.165, 1.54) is 6.26 Å². The number of halogens is 2. The Balaban J connectivity index is 2.16. The van der Waals surface area contributed by atoms with Gasteiger partial charge in [-0.3, -0.25) is 0 Å². The van der Waals surface area contributed by atoms with Crippen LogP contribution in [0.5, 0.6) is 0 Å². The zero-order valence-corrected chi connectivity index (χ0v) is 11.5. The molecule has 0 aliphatic rings. The number of nitrogens with zero attached hydrogens (tertiary/aromatic N) is 1. The maximum atomic E-state index is 11.4. The van der Waals surface area contributed by atoms with Crippen LogP contribution >= 0.6 is 23.2 Å². The van der Waals surface area contributed by atoms with Crippen LogP contribution in [-0.2, 0) is 4.74 Å². The summed E-state index contributed by atoms with van der Waals surface area (Å²) in [6.45, 7) is 1.98. The fraction of sp³-hybridized carbons (Fsp3) is 0.167. The summed E-state index contributed by atoms with van der Waals surface area (Å²) >= 11 is 11.9. The summed E-state index contributed by atoms with van der Waals surface area (Å²) in [4.78, 5) is 15.4. The van der Waals surface area contributed by atoms with E-state index in [0.29, 0.717) is 15.7 Å². The summed E-state index contributed by atoms with van der Waals surface area (Å²) in [5, 5.41) is 3.58. The second kappa shape index (κ2) is 5.95. The molecule has 1 heterocycles. The number of carbonyl (C=O) groups is 1. The summed E-state index contributed by atoms with van der Waals surface area (Å²) in [7, 11) is 0. The number of nitrogens with one attached hydrogen (secondary N) is 1. The molecule has 19 heavy (non-hydrogen) atoms. The first-order valence-electron chi connectivity index (χ1n) is 5.45. The van der Waals surface area contributed by atoms with Crippen LogP contribution in [0.4, 0.5) is 11.7 Å². The number of aromatic nitrogens is 1. The van der Waals surface area contributed by atoms with E-state index in [1.54, 1.807) is 25.1 Å². The number of hydrogen-bond acceptors (Lipinski definition) is 5. The monoisotopic (exact) mass is 300 g/mol. The third kappa shape index (κ3) is 3.19. The Bertz CT molecular complexity index is 598. The first-order valence-corrected chi connectivity index (χ1v) is 6.21. The standard InChI is InChI=1S/C12H10Cl2N2O3/c1-2-18-11(17)9-6-19-12(16-9)15-8-5-3-4-7(13)10(8)14/h3-6H,2H2,1H3,(H,15,16). The highest BCUT2D eigenvalue weighted by Gasteiger charge is 2.14. The molecule has 1 aromatic carbocycles. The fourth-order valence-corrected chi connectivity index (χ4v) is 1.69. The Labute approximate surface area is 119 Å². The van der Waals surface area contributed by atoms with Crippen LogP contribution in [0.3, 0.4) is 0 Å². The predicted molar refractivity (Wildman–Crippen MR) is 72.2 cm³/mol. The van der Waals surface area contributed by atoms with Gasteiger partial charge >= 0.3 is 5.97 Å². The minimum Gasteiger partial charge on any atom is -0.461 e. The second-order valence-corrected chi connectivity index (χ2v) is 4.27. The molecule has 0 saturated heterocycles. The number of carbonyl (C=O) groups excluding carboxylic acids is 1. The van der Waals surface area contributed by atoms with E-state index in [9.17, 15) is 4.79 Å². The molecule has 1 N–H and O–H groups in total. The zero-order chi connectivity index (χ0) is 13.8. The number of rotatable bonds is 4. The quantitative estimate of drug-likeness (QED) is 0.868. The molecule has 2 aromatic rings. The Morgan fingerprint density at radius 1 is 1.47 bits per heavy atom. The third-order valence-corrected chi connectivity index (χ3v) is 3.00. The maximum absolute atomic E-state index is 11.4. The number of ether oxygens (including phenoxy) is 1. The van der Waals surface area contributed by atoms with Gasteiger partial charge in [-0.25, -0.2) is 4.79 Å². The molecule has 0 amide bonds. The molecule has 0 unspecified atom stereocenters. The van der Waals surface area contributed by atoms with Gasteiger partial charge in [-0.15, -0.1) is 0 Å². The summed E-state index contributed by atoms with van der Waals surface area (Å²) in [6, 6.07) is 5.23. The molecule has 0 bridgehead atoms. The van der Waals surface area contributed by atoms with Gasteiger partial charge in [0, 0.05) is 0 Å². The van der Waals surface area contributed by atoms with E-state index in [4.69, 9.17) is 32.4 Å². The zero-order valence-electron chi connectivity index (χ0n) is 9.94. The average Bonchev–Trinajstić information content (AvgIpc) is 2.84. The highest BCUT2D eigenvalue weighted by Crippen LogP contribution is 2.31. The van der Waals surface area contributed by atoms with Gasteiger partial charge in [-0.1, -0.05) is 29.3 Å². The van der Waals surface area contributed by atoms with Crippen LogP contribution < -0.4 is 5.32 Å². The Morgan fingerprint density at radius 3 is 3.00 bits per heavy atom. The van der Waals surface area contributed by atoms with E-state index in [0.717, 1.165) is 0 Å². The molecule has 0 radical (unpaired) electrons. The molecular formula is C12H10Cl2N2O3. The summed E-state index contributed by atoms with van der Waals surface area (Å²) in [6.07, 6.45) is 1.21. The SMILES string of the molecule is CCOC(=O)c1coc(Nc2cccc(Cl)c2Cl)n1. The van der Waals surface area contributed by atoms with Crippen LogP contribution in [0.15, 0.2) is 28.9 Å². The van der Waals surface area contributed by atoms with Crippen molar-refractivity contribution in [2.45, 2.75) is 6.92 Å². The van der Waals surface area contributed by atoms with Gasteiger partial charge in [0.25, 0.3) is 6.01 Å². The third-order valence-electron chi connectivity index (χ3n) is 2.18. The van der Waals surface area contributed by atoms with Crippen molar-refractivity contribution in [1.29, 1.82) is 0 Å². The van der Waals surface area contributed by atoms with Gasteiger partial charge in [0.1, 0.15) is 6.26 Å². The first-order chi connectivity index (χ1) is 9.11. The lowest BCUT2D eigenvalue weighted by Crippen LogP contribution is -2.05. The molecule has 0 spiro atoms. The summed E-state index contributed by atoms with van der Waals surface area (Å²) in [5.41, 5.74) is 0.619. The van der Waals surface area contributed by atoms with Crippen molar-refractivity contribution in [3.05, 3.63) is 40.2 Å². The second-order valence-electron chi connectivity index (χ2n) is 3.48. The van der Waals surface area contributed by atoms with Crippen molar-refractivity contribution < 1.29 is 13.9 Å². The number of esters is 1. The number of oxazole rings is 1. The van der Waals surface area contributed by atoms with Crippen molar-refractivity contribution in [3.63, 3.8) is 0 Å². The Hall–Kier alpha value is -1.72. The topological polar surface area (TPSA) is 64.4 Å². The van der Waals surface area contributed by atoms with E-state index in [-0.39, 0.29) is 18.3 Å². The van der Waals surface area contributed by atoms with E-state index >= 15 is 0 Å². The molecule has 0 aliphatic heterocycles. The first kappa shape index (κ1) is 13.7. The molecule has 0 saturated carbocycles. The van der Waals surface area contributed by atoms with E-state index < -0.39 is 5.97 Å². The Morgan fingerprint density at radius 2 is 2.26 bits per heavy atom. The van der Waals surface area contributed by atoms with Crippen LogP contribution in [0.2, 0.25) is 10.0 Å². The average molecular weight is 301 g/mol. The number of anilines is 2. The smallest absolute Gasteiger partial charge is 0.360 e. The van der Waals surface area contributed by atoms with Crippen LogP contribution in [0.1, 0.15) is 17.4 Å². The van der Waals surface area contributed by atoms with Gasteiger partial charge in [0.2, 0.25) is 0 Å². The molecule has 5 nitrogen and oxygen atoms in total. The predicted octanol–water partition coefficient (Wildman–Crippen LogP) is 3.90. The highest BCUT2D eigenvalue weighted by molar-refractivity contribution is 6.43. The van der Waals surface area contributed by atoms with Crippen molar-refractivity contribution in [3.8, 4) is 0 Å². The largest absolute Gasteiger partial charge is 0.461 e. The lowest BCUT2D eigenvalue weighted by atomic mass is 10.3. The lowest BCUT2D eigenvalue weighted by Gasteiger charge is -2.04. The minimum atomic E-state index is -0.545. The van der Waals surface area contributed by atoms with Crippen molar-refractivity contribution >= 4 is 40.9 Å². The van der Waals surface area contributed by atoms with Gasteiger partial charge in [-0.2, -0.15) is 4.98 Å². The molecular weight excluding hydrogens is 291 g/mol. The van der Waals surface area contributed by atoms with Crippen molar-refractivity contribution in [2.24, 2.45) is 0 Å². The minimum absolute atomic E-state index is 0.0856. The molecule has 1 aromatic heterocycles. The molecule has 0 atom stereocenters. The number of benzene rings is 1. The Kier molecular flexibility index (Phi) is 4.29. The van der Waals surface area contributed by atoms with Crippen LogP contribution in [0, 0.1) is 0 Å². The van der Waals surface area contributed by atoms with Crippen LogP contribution in [0.25, 0.3) is 0 Å². The van der Waals surface area contributed by atoms with Crippen molar-refractivity contribution in [1.82, 2.24) is 4.98 Å². The van der Waals surface area contributed by atoms with Gasteiger partial charge < -0.3 is 14.5 Å². The molecule has 2 rings (SSSR count).